The Morgan fingerprint density at radius 2 is 1.68 bits per heavy atom. The van der Waals surface area contributed by atoms with Gasteiger partial charge in [0.1, 0.15) is 6.04 Å². The van der Waals surface area contributed by atoms with Gasteiger partial charge < -0.3 is 5.32 Å². The molecule has 0 radical (unpaired) electrons. The Morgan fingerprint density at radius 1 is 1.00 bits per heavy atom. The Kier molecular flexibility index (Phi) is 3.72. The number of hydrogen-bond acceptors (Lipinski definition) is 4. The Hall–Kier alpha value is -3.21. The lowest BCUT2D eigenvalue weighted by Gasteiger charge is -2.38. The number of anilines is 1. The summed E-state index contributed by atoms with van der Waals surface area (Å²) < 4.78 is 1.87. The standard InChI is InChI=1S/C23H22N4O/c1-23(2)13-17-19(18(28)14-23)20(15-9-5-3-6-10-15)27-22(24-17)25-21(26-27)16-11-7-4-8-12-16/h3-12,20H,13-14H2,1-2H3,(H,24,25,26)/t20-/m0/s1. The van der Waals surface area contributed by atoms with Crippen LogP contribution in [0.15, 0.2) is 71.9 Å². The predicted molar refractivity (Wildman–Crippen MR) is 109 cm³/mol. The van der Waals surface area contributed by atoms with Gasteiger partial charge in [0.15, 0.2) is 11.6 Å². The van der Waals surface area contributed by atoms with Gasteiger partial charge in [0, 0.05) is 23.3 Å². The quantitative estimate of drug-likeness (QED) is 0.716. The lowest BCUT2D eigenvalue weighted by Crippen LogP contribution is -2.36. The SMILES string of the molecule is CC1(C)CC(=O)C2=C(C1)Nc1nc(-c3ccccc3)nn1[C@H]2c1ccccc1. The molecule has 1 atom stereocenters. The molecule has 2 aromatic carbocycles. The van der Waals surface area contributed by atoms with Gasteiger partial charge in [-0.25, -0.2) is 4.68 Å². The molecule has 1 aliphatic heterocycles. The zero-order chi connectivity index (χ0) is 19.3. The molecule has 5 nitrogen and oxygen atoms in total. The minimum absolute atomic E-state index is 0.0609. The van der Waals surface area contributed by atoms with Crippen molar-refractivity contribution in [2.75, 3.05) is 5.32 Å². The minimum atomic E-state index is -0.249. The molecule has 1 N–H and O–H groups in total. The average molecular weight is 370 g/mol. The summed E-state index contributed by atoms with van der Waals surface area (Å²) in [6.45, 7) is 4.28. The van der Waals surface area contributed by atoms with Crippen molar-refractivity contribution < 1.29 is 4.79 Å². The van der Waals surface area contributed by atoms with Crippen molar-refractivity contribution in [2.24, 2.45) is 5.41 Å². The number of fused-ring (bicyclic) bond motifs is 1. The van der Waals surface area contributed by atoms with Crippen molar-refractivity contribution >= 4 is 11.7 Å². The lowest BCUT2D eigenvalue weighted by atomic mass is 9.73. The fraction of sp³-hybridized carbons (Fsp3) is 0.261. The van der Waals surface area contributed by atoms with E-state index >= 15 is 0 Å². The van der Waals surface area contributed by atoms with Crippen molar-refractivity contribution in [2.45, 2.75) is 32.7 Å². The number of carbonyl (C=O) groups is 1. The molecule has 140 valence electrons. The van der Waals surface area contributed by atoms with Gasteiger partial charge in [0.25, 0.3) is 0 Å². The maximum Gasteiger partial charge on any atom is 0.226 e. The van der Waals surface area contributed by atoms with Gasteiger partial charge >= 0.3 is 0 Å². The van der Waals surface area contributed by atoms with Gasteiger partial charge in [-0.2, -0.15) is 4.98 Å². The van der Waals surface area contributed by atoms with Crippen molar-refractivity contribution in [1.82, 2.24) is 14.8 Å². The first-order valence-corrected chi connectivity index (χ1v) is 9.62. The molecule has 3 aromatic rings. The van der Waals surface area contributed by atoms with Crippen molar-refractivity contribution in [1.29, 1.82) is 0 Å². The first-order chi connectivity index (χ1) is 13.5. The highest BCUT2D eigenvalue weighted by molar-refractivity contribution is 6.00. The second-order valence-corrected chi connectivity index (χ2v) is 8.34. The van der Waals surface area contributed by atoms with E-state index in [0.29, 0.717) is 18.2 Å². The fourth-order valence-corrected chi connectivity index (χ4v) is 4.26. The number of aromatic nitrogens is 3. The van der Waals surface area contributed by atoms with Crippen LogP contribution in [0.25, 0.3) is 11.4 Å². The van der Waals surface area contributed by atoms with Crippen LogP contribution >= 0.6 is 0 Å². The third-order valence-corrected chi connectivity index (χ3v) is 5.48. The summed E-state index contributed by atoms with van der Waals surface area (Å²) in [4.78, 5) is 17.9. The van der Waals surface area contributed by atoms with E-state index in [4.69, 9.17) is 10.1 Å². The van der Waals surface area contributed by atoms with Gasteiger partial charge in [-0.3, -0.25) is 4.79 Å². The zero-order valence-corrected chi connectivity index (χ0v) is 16.0. The molecule has 5 rings (SSSR count). The van der Waals surface area contributed by atoms with Crippen LogP contribution in [0.3, 0.4) is 0 Å². The number of hydrogen-bond donors (Lipinski definition) is 1. The molecular weight excluding hydrogens is 348 g/mol. The number of nitrogens with zero attached hydrogens (tertiary/aromatic N) is 3. The van der Waals surface area contributed by atoms with Gasteiger partial charge in [-0.15, -0.1) is 5.10 Å². The van der Waals surface area contributed by atoms with Gasteiger partial charge in [-0.05, 0) is 17.4 Å². The van der Waals surface area contributed by atoms with Gasteiger partial charge in [0.05, 0.1) is 0 Å². The summed E-state index contributed by atoms with van der Waals surface area (Å²) in [6, 6.07) is 19.8. The number of rotatable bonds is 2. The number of Topliss-reactive ketones (excluding diaryl/α,β-unsaturated/α-hetero) is 1. The molecule has 0 fully saturated rings. The number of nitrogens with one attached hydrogen (secondary N) is 1. The molecule has 1 aromatic heterocycles. The van der Waals surface area contributed by atoms with E-state index < -0.39 is 0 Å². The number of benzene rings is 2. The molecule has 28 heavy (non-hydrogen) atoms. The van der Waals surface area contributed by atoms with Crippen molar-refractivity contribution in [3.8, 4) is 11.4 Å². The monoisotopic (exact) mass is 370 g/mol. The van der Waals surface area contributed by atoms with E-state index in [9.17, 15) is 4.79 Å². The number of allylic oxidation sites excluding steroid dienone is 2. The Balaban J connectivity index is 1.69. The van der Waals surface area contributed by atoms with E-state index in [2.05, 4.69) is 31.3 Å². The molecule has 0 spiro atoms. The molecular formula is C23H22N4O. The molecule has 1 aliphatic carbocycles. The molecule has 0 bridgehead atoms. The maximum absolute atomic E-state index is 13.2. The van der Waals surface area contributed by atoms with Gasteiger partial charge in [-0.1, -0.05) is 74.5 Å². The molecule has 2 aliphatic rings. The second-order valence-electron chi connectivity index (χ2n) is 8.34. The smallest absolute Gasteiger partial charge is 0.226 e. The van der Waals surface area contributed by atoms with Crippen LogP contribution in [-0.2, 0) is 4.79 Å². The first kappa shape index (κ1) is 16.9. The Morgan fingerprint density at radius 3 is 2.39 bits per heavy atom. The van der Waals surface area contributed by atoms with Crippen LogP contribution in [0.5, 0.6) is 0 Å². The molecule has 0 saturated heterocycles. The van der Waals surface area contributed by atoms with E-state index in [0.717, 1.165) is 28.8 Å². The molecule has 2 heterocycles. The van der Waals surface area contributed by atoms with Crippen LogP contribution in [0, 0.1) is 5.41 Å². The second kappa shape index (κ2) is 6.16. The zero-order valence-electron chi connectivity index (χ0n) is 16.0. The van der Waals surface area contributed by atoms with Crippen LogP contribution in [0.2, 0.25) is 0 Å². The maximum atomic E-state index is 13.2. The van der Waals surface area contributed by atoms with E-state index in [1.807, 2.05) is 53.2 Å². The largest absolute Gasteiger partial charge is 0.328 e. The number of carbonyl (C=O) groups excluding carboxylic acids is 1. The van der Waals surface area contributed by atoms with Crippen molar-refractivity contribution in [3.63, 3.8) is 0 Å². The first-order valence-electron chi connectivity index (χ1n) is 9.62. The third-order valence-electron chi connectivity index (χ3n) is 5.48. The molecule has 0 unspecified atom stereocenters. The van der Waals surface area contributed by atoms with Crippen molar-refractivity contribution in [3.05, 3.63) is 77.5 Å². The molecule has 0 amide bonds. The van der Waals surface area contributed by atoms with Crippen LogP contribution in [0.1, 0.15) is 38.3 Å². The highest BCUT2D eigenvalue weighted by Crippen LogP contribution is 2.45. The Bertz CT molecular complexity index is 1080. The highest BCUT2D eigenvalue weighted by Gasteiger charge is 2.41. The summed E-state index contributed by atoms with van der Waals surface area (Å²) in [5, 5.41) is 8.22. The summed E-state index contributed by atoms with van der Waals surface area (Å²) in [7, 11) is 0. The van der Waals surface area contributed by atoms with E-state index in [1.54, 1.807) is 0 Å². The fourth-order valence-electron chi connectivity index (χ4n) is 4.26. The minimum Gasteiger partial charge on any atom is -0.328 e. The van der Waals surface area contributed by atoms with Crippen LogP contribution in [0.4, 0.5) is 5.95 Å². The third kappa shape index (κ3) is 2.74. The summed E-state index contributed by atoms with van der Waals surface area (Å²) >= 11 is 0. The topological polar surface area (TPSA) is 59.8 Å². The molecule has 0 saturated carbocycles. The van der Waals surface area contributed by atoms with Crippen LogP contribution < -0.4 is 5.32 Å². The highest BCUT2D eigenvalue weighted by atomic mass is 16.1. The summed E-state index contributed by atoms with van der Waals surface area (Å²) in [5.41, 5.74) is 3.75. The normalized spacial score (nSPS) is 20.4. The summed E-state index contributed by atoms with van der Waals surface area (Å²) in [6.07, 6.45) is 1.37. The van der Waals surface area contributed by atoms with Gasteiger partial charge in [0.2, 0.25) is 5.95 Å². The summed E-state index contributed by atoms with van der Waals surface area (Å²) in [5.74, 6) is 1.54. The lowest BCUT2D eigenvalue weighted by molar-refractivity contribution is -0.118. The average Bonchev–Trinajstić information content (AvgIpc) is 3.10. The van der Waals surface area contributed by atoms with E-state index in [1.165, 1.54) is 0 Å². The Labute approximate surface area is 164 Å². The molecule has 5 heteroatoms. The van der Waals surface area contributed by atoms with Crippen LogP contribution in [-0.4, -0.2) is 20.5 Å². The van der Waals surface area contributed by atoms with E-state index in [-0.39, 0.29) is 17.2 Å². The predicted octanol–water partition coefficient (Wildman–Crippen LogP) is 4.60. The number of ketones is 1.